The summed E-state index contributed by atoms with van der Waals surface area (Å²) in [5.74, 6) is 5.94. The van der Waals surface area contributed by atoms with Crippen LogP contribution in [0.5, 0.6) is 0 Å². The number of benzene rings is 1. The number of nitrogen functional groups attached to an aromatic ring is 1. The minimum atomic E-state index is 0.0887. The predicted molar refractivity (Wildman–Crippen MR) is 155 cm³/mol. The maximum atomic E-state index is 13.3. The van der Waals surface area contributed by atoms with Crippen LogP contribution in [0.15, 0.2) is 24.3 Å². The van der Waals surface area contributed by atoms with Gasteiger partial charge in [0.15, 0.2) is 0 Å². The van der Waals surface area contributed by atoms with Crippen LogP contribution in [0.4, 0.5) is 5.69 Å². The van der Waals surface area contributed by atoms with Gasteiger partial charge in [0.2, 0.25) is 0 Å². The molecule has 9 atom stereocenters. The molecule has 3 nitrogen and oxygen atoms in total. The van der Waals surface area contributed by atoms with Gasteiger partial charge in [-0.15, -0.1) is 0 Å². The van der Waals surface area contributed by atoms with E-state index in [4.69, 9.17) is 5.73 Å². The van der Waals surface area contributed by atoms with Crippen molar-refractivity contribution in [1.82, 2.24) is 5.32 Å². The third-order valence-corrected chi connectivity index (χ3v) is 12.4. The molecule has 4 aliphatic carbocycles. The number of nitrogens with two attached hydrogens (primary N) is 1. The number of nitrogens with one attached hydrogen (secondary N) is 1. The lowest BCUT2D eigenvalue weighted by atomic mass is 9.43. The Morgan fingerprint density at radius 3 is 2.43 bits per heavy atom. The lowest BCUT2D eigenvalue weighted by Gasteiger charge is -2.63. The molecule has 37 heavy (non-hydrogen) atoms. The lowest BCUT2D eigenvalue weighted by molar-refractivity contribution is -0.126. The predicted octanol–water partition coefficient (Wildman–Crippen LogP) is 8.49. The molecule has 1 amide bonds. The van der Waals surface area contributed by atoms with Gasteiger partial charge in [0.1, 0.15) is 0 Å². The molecule has 0 saturated heterocycles. The molecule has 0 heterocycles. The maximum absolute atomic E-state index is 13.3. The normalized spacial score (nSPS) is 39.9. The Bertz CT molecular complexity index is 940. The molecule has 206 valence electrons. The van der Waals surface area contributed by atoms with Gasteiger partial charge in [0, 0.05) is 17.3 Å². The first-order chi connectivity index (χ1) is 17.6. The van der Waals surface area contributed by atoms with E-state index in [0.717, 1.165) is 53.4 Å². The molecule has 0 radical (unpaired) electrons. The highest BCUT2D eigenvalue weighted by Crippen LogP contribution is 2.68. The molecule has 3 N–H and O–H groups in total. The van der Waals surface area contributed by atoms with Gasteiger partial charge in [0.05, 0.1) is 0 Å². The van der Waals surface area contributed by atoms with Gasteiger partial charge in [-0.05, 0) is 128 Å². The highest BCUT2D eigenvalue weighted by molar-refractivity contribution is 5.94. The third-order valence-electron chi connectivity index (χ3n) is 12.4. The van der Waals surface area contributed by atoms with Crippen molar-refractivity contribution in [1.29, 1.82) is 0 Å². The van der Waals surface area contributed by atoms with Crippen molar-refractivity contribution in [3.63, 3.8) is 0 Å². The van der Waals surface area contributed by atoms with Crippen LogP contribution in [0.1, 0.15) is 122 Å². The number of amides is 1. The molecule has 3 heteroatoms. The molecule has 4 fully saturated rings. The summed E-state index contributed by atoms with van der Waals surface area (Å²) >= 11 is 0. The van der Waals surface area contributed by atoms with E-state index in [1.54, 1.807) is 0 Å². The number of fused-ring (bicyclic) bond motifs is 5. The topological polar surface area (TPSA) is 55.1 Å². The molecule has 5 rings (SSSR count). The van der Waals surface area contributed by atoms with E-state index in [2.05, 4.69) is 39.9 Å². The van der Waals surface area contributed by atoms with Crippen LogP contribution in [0, 0.1) is 52.3 Å². The first kappa shape index (κ1) is 27.1. The summed E-state index contributed by atoms with van der Waals surface area (Å²) in [6, 6.07) is 7.74. The van der Waals surface area contributed by atoms with Crippen LogP contribution in [0.2, 0.25) is 0 Å². The molecule has 0 aromatic heterocycles. The van der Waals surface area contributed by atoms with Crippen molar-refractivity contribution >= 4 is 11.6 Å². The Balaban J connectivity index is 1.33. The molecule has 1 aromatic rings. The molecule has 4 aliphatic rings. The molecule has 0 bridgehead atoms. The minimum absolute atomic E-state index is 0.0887. The van der Waals surface area contributed by atoms with Crippen molar-refractivity contribution in [3.8, 4) is 0 Å². The second kappa shape index (κ2) is 10.6. The fourth-order valence-corrected chi connectivity index (χ4v) is 10.5. The Labute approximate surface area is 227 Å². The number of rotatable bonds is 7. The maximum Gasteiger partial charge on any atom is 0.251 e. The number of hydrogen-bond donors (Lipinski definition) is 2. The Morgan fingerprint density at radius 1 is 0.946 bits per heavy atom. The van der Waals surface area contributed by atoms with Crippen LogP contribution in [0.3, 0.4) is 0 Å². The van der Waals surface area contributed by atoms with Crippen molar-refractivity contribution in [2.75, 3.05) is 5.73 Å². The second-order valence-electron chi connectivity index (χ2n) is 14.6. The van der Waals surface area contributed by atoms with Gasteiger partial charge in [0.25, 0.3) is 5.91 Å². The average Bonchev–Trinajstić information content (AvgIpc) is 3.22. The first-order valence-corrected chi connectivity index (χ1v) is 15.8. The quantitative estimate of drug-likeness (QED) is 0.364. The number of anilines is 1. The van der Waals surface area contributed by atoms with E-state index in [1.165, 1.54) is 70.6 Å². The zero-order valence-electron chi connectivity index (χ0n) is 24.4. The van der Waals surface area contributed by atoms with Crippen molar-refractivity contribution in [3.05, 3.63) is 29.8 Å². The summed E-state index contributed by atoms with van der Waals surface area (Å²) in [6.45, 7) is 12.6. The van der Waals surface area contributed by atoms with Crippen LogP contribution < -0.4 is 11.1 Å². The molecule has 0 spiro atoms. The Morgan fingerprint density at radius 2 is 1.70 bits per heavy atom. The van der Waals surface area contributed by atoms with E-state index in [-0.39, 0.29) is 11.3 Å². The van der Waals surface area contributed by atoms with Gasteiger partial charge < -0.3 is 11.1 Å². The highest BCUT2D eigenvalue weighted by Gasteiger charge is 2.62. The minimum Gasteiger partial charge on any atom is -0.399 e. The Hall–Kier alpha value is -1.51. The smallest absolute Gasteiger partial charge is 0.251 e. The van der Waals surface area contributed by atoms with Crippen molar-refractivity contribution < 1.29 is 4.79 Å². The SMILES string of the molecule is CC(C)CCC[C@@H](C)[C@H]1CC[C@H]2[C@@H]3CCC4CCCC(NC(=O)c5ccc(N)cc5)[C@]4(C)[C@H]3CC[C@]12C. The number of carbonyl (C=O) groups excluding carboxylic acids is 1. The van der Waals surface area contributed by atoms with Gasteiger partial charge in [-0.1, -0.05) is 60.3 Å². The largest absolute Gasteiger partial charge is 0.399 e. The summed E-state index contributed by atoms with van der Waals surface area (Å²) in [5, 5.41) is 3.58. The van der Waals surface area contributed by atoms with Gasteiger partial charge in [-0.2, -0.15) is 0 Å². The monoisotopic (exact) mass is 506 g/mol. The molecule has 0 aliphatic heterocycles. The van der Waals surface area contributed by atoms with Crippen LogP contribution in [-0.4, -0.2) is 11.9 Å². The van der Waals surface area contributed by atoms with E-state index < -0.39 is 0 Å². The van der Waals surface area contributed by atoms with Crippen LogP contribution in [0.25, 0.3) is 0 Å². The molecule has 1 aromatic carbocycles. The van der Waals surface area contributed by atoms with Gasteiger partial charge >= 0.3 is 0 Å². The van der Waals surface area contributed by atoms with Gasteiger partial charge in [-0.3, -0.25) is 4.79 Å². The summed E-state index contributed by atoms with van der Waals surface area (Å²) in [4.78, 5) is 13.3. The lowest BCUT2D eigenvalue weighted by Crippen LogP contribution is -2.61. The summed E-state index contributed by atoms with van der Waals surface area (Å²) in [6.07, 6.45) is 16.4. The summed E-state index contributed by atoms with van der Waals surface area (Å²) < 4.78 is 0. The molecular weight excluding hydrogens is 452 g/mol. The number of carbonyl (C=O) groups is 1. The third kappa shape index (κ3) is 4.87. The molecular formula is C34H54N2O. The standard InChI is InChI=1S/C34H54N2O/c1-22(2)8-6-9-23(3)28-18-19-29-27-17-14-25-10-7-11-31(34(25,5)30(27)20-21-33(28,29)4)36-32(37)24-12-15-26(35)16-13-24/h12-13,15-16,22-23,25,27-31H,6-11,14,17-21,35H2,1-5H3,(H,36,37)/t23-,25?,27+,28-,29+,30+,31?,33-,34+/m1/s1. The van der Waals surface area contributed by atoms with Crippen molar-refractivity contribution in [2.45, 2.75) is 118 Å². The fourth-order valence-electron chi connectivity index (χ4n) is 10.5. The number of hydrogen-bond acceptors (Lipinski definition) is 2. The molecule has 2 unspecified atom stereocenters. The Kier molecular flexibility index (Phi) is 7.74. The van der Waals surface area contributed by atoms with E-state index in [1.807, 2.05) is 24.3 Å². The highest BCUT2D eigenvalue weighted by atomic mass is 16.1. The zero-order valence-corrected chi connectivity index (χ0v) is 24.4. The fraction of sp³-hybridized carbons (Fsp3) is 0.794. The van der Waals surface area contributed by atoms with Crippen LogP contribution >= 0.6 is 0 Å². The van der Waals surface area contributed by atoms with Crippen molar-refractivity contribution in [2.24, 2.45) is 52.3 Å². The van der Waals surface area contributed by atoms with E-state index >= 15 is 0 Å². The average molecular weight is 507 g/mol. The van der Waals surface area contributed by atoms with E-state index in [0.29, 0.717) is 17.1 Å². The summed E-state index contributed by atoms with van der Waals surface area (Å²) in [5.41, 5.74) is 8.09. The molecule has 4 saturated carbocycles. The first-order valence-electron chi connectivity index (χ1n) is 15.8. The van der Waals surface area contributed by atoms with E-state index in [9.17, 15) is 4.79 Å². The second-order valence-corrected chi connectivity index (χ2v) is 14.6. The zero-order chi connectivity index (χ0) is 26.4. The van der Waals surface area contributed by atoms with Gasteiger partial charge in [-0.25, -0.2) is 0 Å². The summed E-state index contributed by atoms with van der Waals surface area (Å²) in [7, 11) is 0. The van der Waals surface area contributed by atoms with Crippen LogP contribution in [-0.2, 0) is 0 Å².